The molecular formula is C15H31N3O2. The molecule has 1 rings (SSSR count). The van der Waals surface area contributed by atoms with Crippen molar-refractivity contribution >= 4 is 5.91 Å². The van der Waals surface area contributed by atoms with Gasteiger partial charge in [-0.2, -0.15) is 0 Å². The summed E-state index contributed by atoms with van der Waals surface area (Å²) in [6.07, 6.45) is 4.76. The number of methoxy groups -OCH3 is 1. The number of hydrogen-bond donors (Lipinski definition) is 2. The molecule has 1 fully saturated rings. The summed E-state index contributed by atoms with van der Waals surface area (Å²) in [5.41, 5.74) is 5.33. The number of likely N-dealkylation sites (tertiary alicyclic amines) is 1. The molecule has 1 aliphatic rings. The van der Waals surface area contributed by atoms with Crippen LogP contribution in [0.4, 0.5) is 0 Å². The van der Waals surface area contributed by atoms with E-state index < -0.39 is 5.54 Å². The molecule has 0 bridgehead atoms. The predicted octanol–water partition coefficient (Wildman–Crippen LogP) is 1.12. The first-order valence-electron chi connectivity index (χ1n) is 7.80. The highest BCUT2D eigenvalue weighted by Crippen LogP contribution is 2.14. The van der Waals surface area contributed by atoms with Crippen molar-refractivity contribution < 1.29 is 9.53 Å². The van der Waals surface area contributed by atoms with Crippen LogP contribution in [0.1, 0.15) is 46.0 Å². The van der Waals surface area contributed by atoms with E-state index in [1.807, 2.05) is 6.92 Å². The summed E-state index contributed by atoms with van der Waals surface area (Å²) in [4.78, 5) is 14.6. The molecule has 1 heterocycles. The first-order chi connectivity index (χ1) is 9.49. The standard InChI is InChI=1S/C15H31N3O2/c1-4-8-15(2,16)14(19)17-13-6-10-18(11-7-13)9-5-12-20-3/h13H,4-12,16H2,1-3H3,(H,17,19). The minimum atomic E-state index is -0.732. The summed E-state index contributed by atoms with van der Waals surface area (Å²) in [5.74, 6) is -0.00261. The Bertz CT molecular complexity index is 287. The van der Waals surface area contributed by atoms with Gasteiger partial charge in [0.15, 0.2) is 0 Å². The molecule has 5 nitrogen and oxygen atoms in total. The molecular weight excluding hydrogens is 254 g/mol. The number of piperidine rings is 1. The van der Waals surface area contributed by atoms with Gasteiger partial charge in [0.1, 0.15) is 0 Å². The first kappa shape index (κ1) is 17.4. The fourth-order valence-electron chi connectivity index (χ4n) is 2.72. The third kappa shape index (κ3) is 5.77. The van der Waals surface area contributed by atoms with E-state index in [-0.39, 0.29) is 11.9 Å². The summed E-state index contributed by atoms with van der Waals surface area (Å²) in [6.45, 7) is 7.87. The van der Waals surface area contributed by atoms with Gasteiger partial charge in [0.2, 0.25) is 5.91 Å². The number of carbonyl (C=O) groups is 1. The molecule has 1 aliphatic heterocycles. The molecule has 0 aromatic rings. The molecule has 0 saturated carbocycles. The van der Waals surface area contributed by atoms with Crippen molar-refractivity contribution in [3.05, 3.63) is 0 Å². The average Bonchev–Trinajstić information content (AvgIpc) is 2.41. The monoisotopic (exact) mass is 285 g/mol. The number of rotatable bonds is 8. The van der Waals surface area contributed by atoms with E-state index in [0.717, 1.165) is 58.3 Å². The van der Waals surface area contributed by atoms with Crippen LogP contribution in [-0.2, 0) is 9.53 Å². The zero-order valence-electron chi connectivity index (χ0n) is 13.3. The van der Waals surface area contributed by atoms with Crippen molar-refractivity contribution in [3.8, 4) is 0 Å². The second-order valence-electron chi connectivity index (χ2n) is 6.10. The normalized spacial score (nSPS) is 20.6. The van der Waals surface area contributed by atoms with E-state index in [1.54, 1.807) is 7.11 Å². The maximum absolute atomic E-state index is 12.1. The van der Waals surface area contributed by atoms with E-state index in [0.29, 0.717) is 0 Å². The van der Waals surface area contributed by atoms with Crippen LogP contribution in [0, 0.1) is 0 Å². The van der Waals surface area contributed by atoms with Gasteiger partial charge in [-0.15, -0.1) is 0 Å². The molecule has 5 heteroatoms. The second kappa shape index (κ2) is 8.60. The quantitative estimate of drug-likeness (QED) is 0.656. The van der Waals surface area contributed by atoms with Crippen LogP contribution in [-0.4, -0.2) is 55.7 Å². The molecule has 0 aromatic heterocycles. The molecule has 20 heavy (non-hydrogen) atoms. The fourth-order valence-corrected chi connectivity index (χ4v) is 2.72. The van der Waals surface area contributed by atoms with Crippen molar-refractivity contribution in [2.45, 2.75) is 57.5 Å². The van der Waals surface area contributed by atoms with Crippen molar-refractivity contribution in [1.29, 1.82) is 0 Å². The van der Waals surface area contributed by atoms with Crippen LogP contribution in [0.5, 0.6) is 0 Å². The van der Waals surface area contributed by atoms with Gasteiger partial charge in [0.25, 0.3) is 0 Å². The Morgan fingerprint density at radius 1 is 1.45 bits per heavy atom. The third-order valence-corrected chi connectivity index (χ3v) is 4.03. The molecule has 0 aliphatic carbocycles. The predicted molar refractivity (Wildman–Crippen MR) is 81.6 cm³/mol. The van der Waals surface area contributed by atoms with Gasteiger partial charge in [-0.25, -0.2) is 0 Å². The van der Waals surface area contributed by atoms with Gasteiger partial charge in [0.05, 0.1) is 5.54 Å². The summed E-state index contributed by atoms with van der Waals surface area (Å²) >= 11 is 0. The summed E-state index contributed by atoms with van der Waals surface area (Å²) < 4.78 is 5.07. The number of nitrogens with one attached hydrogen (secondary N) is 1. The largest absolute Gasteiger partial charge is 0.385 e. The molecule has 1 saturated heterocycles. The number of amides is 1. The van der Waals surface area contributed by atoms with Gasteiger partial charge in [-0.1, -0.05) is 13.3 Å². The van der Waals surface area contributed by atoms with Crippen LogP contribution in [0.15, 0.2) is 0 Å². The van der Waals surface area contributed by atoms with Gasteiger partial charge in [-0.3, -0.25) is 4.79 Å². The Kier molecular flexibility index (Phi) is 7.48. The minimum Gasteiger partial charge on any atom is -0.385 e. The lowest BCUT2D eigenvalue weighted by Crippen LogP contribution is -2.55. The van der Waals surface area contributed by atoms with Gasteiger partial charge >= 0.3 is 0 Å². The fraction of sp³-hybridized carbons (Fsp3) is 0.933. The molecule has 1 atom stereocenters. The second-order valence-corrected chi connectivity index (χ2v) is 6.10. The molecule has 0 radical (unpaired) electrons. The van der Waals surface area contributed by atoms with Crippen LogP contribution >= 0.6 is 0 Å². The third-order valence-electron chi connectivity index (χ3n) is 4.03. The number of nitrogens with zero attached hydrogens (tertiary/aromatic N) is 1. The maximum atomic E-state index is 12.1. The Balaban J connectivity index is 2.26. The van der Waals surface area contributed by atoms with Crippen molar-refractivity contribution in [2.75, 3.05) is 33.4 Å². The lowest BCUT2D eigenvalue weighted by molar-refractivity contribution is -0.127. The molecule has 118 valence electrons. The summed E-state index contributed by atoms with van der Waals surface area (Å²) in [7, 11) is 1.74. The van der Waals surface area contributed by atoms with E-state index in [2.05, 4.69) is 17.1 Å². The molecule has 1 unspecified atom stereocenters. The van der Waals surface area contributed by atoms with Crippen molar-refractivity contribution in [3.63, 3.8) is 0 Å². The number of nitrogens with two attached hydrogens (primary N) is 1. The summed E-state index contributed by atoms with van der Waals surface area (Å²) in [6, 6.07) is 0.279. The van der Waals surface area contributed by atoms with Crippen LogP contribution in [0.2, 0.25) is 0 Å². The van der Waals surface area contributed by atoms with Gasteiger partial charge in [-0.05, 0) is 32.6 Å². The van der Waals surface area contributed by atoms with E-state index in [9.17, 15) is 4.79 Å². The average molecular weight is 285 g/mol. The van der Waals surface area contributed by atoms with Crippen LogP contribution in [0.3, 0.4) is 0 Å². The smallest absolute Gasteiger partial charge is 0.240 e. The molecule has 1 amide bonds. The highest BCUT2D eigenvalue weighted by molar-refractivity contribution is 5.85. The lowest BCUT2D eigenvalue weighted by Gasteiger charge is -2.34. The van der Waals surface area contributed by atoms with Gasteiger partial charge in [0, 0.05) is 39.4 Å². The zero-order valence-corrected chi connectivity index (χ0v) is 13.3. The molecule has 3 N–H and O–H groups in total. The zero-order chi connectivity index (χ0) is 15.0. The van der Waals surface area contributed by atoms with Crippen LogP contribution in [0.25, 0.3) is 0 Å². The van der Waals surface area contributed by atoms with E-state index in [4.69, 9.17) is 10.5 Å². The summed E-state index contributed by atoms with van der Waals surface area (Å²) in [5, 5.41) is 3.12. The first-order valence-corrected chi connectivity index (χ1v) is 7.80. The Hall–Kier alpha value is -0.650. The van der Waals surface area contributed by atoms with Crippen molar-refractivity contribution in [2.24, 2.45) is 5.73 Å². The highest BCUT2D eigenvalue weighted by Gasteiger charge is 2.30. The number of carbonyl (C=O) groups excluding carboxylic acids is 1. The SMILES string of the molecule is CCCC(C)(N)C(=O)NC1CCN(CCCOC)CC1. The molecule has 0 aromatic carbocycles. The maximum Gasteiger partial charge on any atom is 0.240 e. The molecule has 0 spiro atoms. The minimum absolute atomic E-state index is 0.00261. The Morgan fingerprint density at radius 2 is 2.10 bits per heavy atom. The lowest BCUT2D eigenvalue weighted by atomic mass is 9.95. The van der Waals surface area contributed by atoms with Crippen molar-refractivity contribution in [1.82, 2.24) is 10.2 Å². The van der Waals surface area contributed by atoms with E-state index >= 15 is 0 Å². The highest BCUT2D eigenvalue weighted by atomic mass is 16.5. The number of hydrogen-bond acceptors (Lipinski definition) is 4. The topological polar surface area (TPSA) is 67.6 Å². The Morgan fingerprint density at radius 3 is 2.65 bits per heavy atom. The Labute approximate surface area is 123 Å². The van der Waals surface area contributed by atoms with Gasteiger partial charge < -0.3 is 20.7 Å². The van der Waals surface area contributed by atoms with E-state index in [1.165, 1.54) is 0 Å². The van der Waals surface area contributed by atoms with Crippen LogP contribution < -0.4 is 11.1 Å². The number of ether oxygens (including phenoxy) is 1.